The zero-order valence-corrected chi connectivity index (χ0v) is 20.5. The van der Waals surface area contributed by atoms with Crippen molar-refractivity contribution in [3.63, 3.8) is 0 Å². The van der Waals surface area contributed by atoms with Crippen molar-refractivity contribution < 1.29 is 32.5 Å². The van der Waals surface area contributed by atoms with Crippen molar-refractivity contribution in [3.05, 3.63) is 65.6 Å². The van der Waals surface area contributed by atoms with Crippen LogP contribution >= 0.6 is 23.6 Å². The van der Waals surface area contributed by atoms with Gasteiger partial charge < -0.3 is 10.4 Å². The molecule has 4 aromatic rings. The monoisotopic (exact) mass is 551 g/mol. The summed E-state index contributed by atoms with van der Waals surface area (Å²) in [5, 5.41) is 33.3. The van der Waals surface area contributed by atoms with Crippen LogP contribution < -0.4 is 5.32 Å². The lowest BCUT2D eigenvalue weighted by atomic mass is 10.1. The number of anilines is 2. The summed E-state index contributed by atoms with van der Waals surface area (Å²) in [6, 6.07) is 14.6. The number of fused-ring (bicyclic) bond motifs is 1. The van der Waals surface area contributed by atoms with Gasteiger partial charge in [-0.05, 0) is 53.9 Å². The van der Waals surface area contributed by atoms with Gasteiger partial charge in [0.15, 0.2) is 5.82 Å². The van der Waals surface area contributed by atoms with Gasteiger partial charge in [0.2, 0.25) is 15.8 Å². The largest absolute Gasteiger partial charge is 0.507 e. The van der Waals surface area contributed by atoms with Crippen LogP contribution in [0.5, 0.6) is 5.75 Å². The topological polar surface area (TPSA) is 156 Å². The van der Waals surface area contributed by atoms with Crippen molar-refractivity contribution in [3.8, 4) is 5.75 Å². The number of aromatic nitrogens is 2. The van der Waals surface area contributed by atoms with Gasteiger partial charge in [0, 0.05) is 22.2 Å². The lowest BCUT2D eigenvalue weighted by molar-refractivity contribution is -0.432. The molecule has 0 radical (unpaired) electrons. The highest BCUT2D eigenvalue weighted by Gasteiger charge is 2.19. The van der Waals surface area contributed by atoms with Crippen LogP contribution in [0.3, 0.4) is 0 Å². The highest BCUT2D eigenvalue weighted by molar-refractivity contribution is 7.94. The number of hydrogen-bond donors (Lipinski definition) is 3. The highest BCUT2D eigenvalue weighted by Crippen LogP contribution is 2.34. The number of nitrogens with one attached hydrogen (secondary N) is 1. The SMILES string of the molecule is CS(=O)(=O)c1nc(F)c(Cl)c(Nc2ccc(N=Nc3ccc4cc(SOOO)cc(O)c4c3)cc2)n1. The Labute approximate surface area is 212 Å². The number of nitrogens with zero attached hydrogens (tertiary/aromatic N) is 4. The molecule has 0 saturated heterocycles. The van der Waals surface area contributed by atoms with E-state index < -0.39 is 26.0 Å². The molecule has 1 aromatic heterocycles. The fraction of sp³-hybridized carbons (Fsp3) is 0.0476. The van der Waals surface area contributed by atoms with Crippen molar-refractivity contribution in [2.45, 2.75) is 10.1 Å². The van der Waals surface area contributed by atoms with Crippen molar-refractivity contribution >= 4 is 67.1 Å². The molecule has 0 unspecified atom stereocenters. The second-order valence-corrected chi connectivity index (χ2v) is 10.2. The van der Waals surface area contributed by atoms with Crippen LogP contribution in [0.15, 0.2) is 74.9 Å². The van der Waals surface area contributed by atoms with Gasteiger partial charge in [-0.25, -0.2) is 13.7 Å². The summed E-state index contributed by atoms with van der Waals surface area (Å²) in [7, 11) is -3.84. The van der Waals surface area contributed by atoms with E-state index in [1.165, 1.54) is 6.07 Å². The van der Waals surface area contributed by atoms with Crippen LogP contribution in [0, 0.1) is 5.95 Å². The molecule has 0 saturated carbocycles. The van der Waals surface area contributed by atoms with E-state index in [0.29, 0.717) is 32.7 Å². The molecule has 186 valence electrons. The first-order chi connectivity index (χ1) is 17.1. The number of azo groups is 1. The summed E-state index contributed by atoms with van der Waals surface area (Å²) in [6.45, 7) is 0. The fourth-order valence-corrected chi connectivity index (χ4v) is 4.06. The van der Waals surface area contributed by atoms with Crippen LogP contribution in [-0.2, 0) is 19.2 Å². The maximum atomic E-state index is 13.9. The summed E-state index contributed by atoms with van der Waals surface area (Å²) in [5.41, 5.74) is 1.40. The normalized spacial score (nSPS) is 11.9. The molecule has 3 N–H and O–H groups in total. The van der Waals surface area contributed by atoms with E-state index in [2.05, 4.69) is 34.9 Å². The van der Waals surface area contributed by atoms with Gasteiger partial charge in [0.1, 0.15) is 10.8 Å². The number of aromatic hydroxyl groups is 1. The van der Waals surface area contributed by atoms with Crippen LogP contribution in [-0.4, -0.2) is 35.0 Å². The van der Waals surface area contributed by atoms with Gasteiger partial charge in [0.25, 0.3) is 5.16 Å². The van der Waals surface area contributed by atoms with E-state index in [9.17, 15) is 17.9 Å². The zero-order valence-electron chi connectivity index (χ0n) is 18.1. The van der Waals surface area contributed by atoms with Crippen molar-refractivity contribution in [2.75, 3.05) is 11.6 Å². The molecular weight excluding hydrogens is 537 g/mol. The minimum absolute atomic E-state index is 0.0251. The summed E-state index contributed by atoms with van der Waals surface area (Å²) < 4.78 is 41.6. The molecule has 0 spiro atoms. The average molecular weight is 552 g/mol. The van der Waals surface area contributed by atoms with Gasteiger partial charge in [-0.3, -0.25) is 0 Å². The second-order valence-electron chi connectivity index (χ2n) is 7.18. The predicted octanol–water partition coefficient (Wildman–Crippen LogP) is 6.12. The third kappa shape index (κ3) is 6.04. The molecular formula is C21H15ClFN5O6S2. The number of halogens is 2. The Morgan fingerprint density at radius 1 is 1.06 bits per heavy atom. The Morgan fingerprint density at radius 2 is 1.75 bits per heavy atom. The molecule has 4 rings (SSSR count). The summed E-state index contributed by atoms with van der Waals surface area (Å²) >= 11 is 6.59. The molecule has 15 heteroatoms. The molecule has 11 nitrogen and oxygen atoms in total. The minimum Gasteiger partial charge on any atom is -0.507 e. The number of benzene rings is 3. The molecule has 3 aromatic carbocycles. The second kappa shape index (κ2) is 10.7. The molecule has 0 aliphatic heterocycles. The van der Waals surface area contributed by atoms with E-state index in [1.54, 1.807) is 48.5 Å². The Hall–Kier alpha value is -3.40. The third-order valence-electron chi connectivity index (χ3n) is 4.58. The van der Waals surface area contributed by atoms with Crippen molar-refractivity contribution in [1.82, 2.24) is 9.97 Å². The van der Waals surface area contributed by atoms with Gasteiger partial charge >= 0.3 is 0 Å². The van der Waals surface area contributed by atoms with E-state index in [0.717, 1.165) is 18.3 Å². The molecule has 0 fully saturated rings. The Kier molecular flexibility index (Phi) is 7.63. The Morgan fingerprint density at radius 3 is 2.44 bits per heavy atom. The van der Waals surface area contributed by atoms with Gasteiger partial charge in [0.05, 0.1) is 23.4 Å². The molecule has 0 aliphatic rings. The Balaban J connectivity index is 1.51. The minimum atomic E-state index is -3.84. The summed E-state index contributed by atoms with van der Waals surface area (Å²) in [6.07, 6.45) is 0.857. The van der Waals surface area contributed by atoms with Gasteiger partial charge in [-0.1, -0.05) is 22.7 Å². The quantitative estimate of drug-likeness (QED) is 0.0582. The first-order valence-corrected chi connectivity index (χ1v) is 12.8. The molecule has 1 heterocycles. The Bertz CT molecular complexity index is 1570. The fourth-order valence-electron chi connectivity index (χ4n) is 2.98. The number of phenols is 1. The maximum Gasteiger partial charge on any atom is 0.251 e. The van der Waals surface area contributed by atoms with Crippen LogP contribution in [0.25, 0.3) is 10.8 Å². The molecule has 0 amide bonds. The molecule has 36 heavy (non-hydrogen) atoms. The van der Waals surface area contributed by atoms with E-state index in [-0.39, 0.29) is 11.6 Å². The zero-order chi connectivity index (χ0) is 25.9. The first-order valence-electron chi connectivity index (χ1n) is 9.77. The number of phenolic OH excluding ortho intramolecular Hbond substituents is 1. The predicted molar refractivity (Wildman–Crippen MR) is 130 cm³/mol. The van der Waals surface area contributed by atoms with E-state index >= 15 is 0 Å². The van der Waals surface area contributed by atoms with Crippen LogP contribution in [0.4, 0.5) is 27.3 Å². The van der Waals surface area contributed by atoms with Crippen molar-refractivity contribution in [2.24, 2.45) is 10.2 Å². The van der Waals surface area contributed by atoms with Crippen LogP contribution in [0.2, 0.25) is 5.02 Å². The van der Waals surface area contributed by atoms with E-state index in [4.69, 9.17) is 16.9 Å². The summed E-state index contributed by atoms with van der Waals surface area (Å²) in [5.74, 6) is -1.39. The van der Waals surface area contributed by atoms with Crippen LogP contribution in [0.1, 0.15) is 0 Å². The molecule has 0 bridgehead atoms. The summed E-state index contributed by atoms with van der Waals surface area (Å²) in [4.78, 5) is 7.54. The number of rotatable bonds is 8. The lowest BCUT2D eigenvalue weighted by Gasteiger charge is -2.09. The third-order valence-corrected chi connectivity index (χ3v) is 6.32. The number of hydrogen-bond acceptors (Lipinski definition) is 12. The molecule has 0 atom stereocenters. The van der Waals surface area contributed by atoms with E-state index in [1.807, 2.05) is 0 Å². The average Bonchev–Trinajstić information content (AvgIpc) is 2.84. The molecule has 0 aliphatic carbocycles. The number of sulfone groups is 1. The maximum absolute atomic E-state index is 13.9. The van der Waals surface area contributed by atoms with Crippen molar-refractivity contribution in [1.29, 1.82) is 0 Å². The smallest absolute Gasteiger partial charge is 0.251 e. The lowest BCUT2D eigenvalue weighted by Crippen LogP contribution is -2.09. The van der Waals surface area contributed by atoms with Gasteiger partial charge in [-0.2, -0.15) is 24.6 Å². The highest BCUT2D eigenvalue weighted by atomic mass is 35.5. The standard InChI is InChI=1S/C21H15ClFN5O6S2/c1-36(31,32)21-25-19(23)18(22)20(26-21)24-12-4-6-13(7-5-12)27-28-14-3-2-11-8-15(35-34-33-30)10-17(29)16(11)9-14/h2-10,29-30H,1H3,(H,24,25,26). The van der Waals surface area contributed by atoms with Gasteiger partial charge in [-0.15, -0.1) is 4.33 Å². The first kappa shape index (κ1) is 25.7.